The maximum Gasteiger partial charge on any atom is 0.228 e. The van der Waals surface area contributed by atoms with Crippen LogP contribution < -0.4 is 15.5 Å². The third kappa shape index (κ3) is 3.37. The summed E-state index contributed by atoms with van der Waals surface area (Å²) in [6, 6.07) is 6.70. The van der Waals surface area contributed by atoms with Crippen molar-refractivity contribution >= 4 is 17.4 Å². The summed E-state index contributed by atoms with van der Waals surface area (Å²) in [5, 5.41) is 25.3. The fourth-order valence-corrected chi connectivity index (χ4v) is 5.16. The standard InChI is InChI=1S/C22H27FN6O2/c1-12-8-24-9-13(2)29(12)22(31)14-6-15-10-25-21-19(28(15)11-14)7-18(26-27-21)16-4-3-5-17(23)20(16)30/h3-5,7,12-15,24,30H,6,8-11H2,1-2H3,(H,25,27)/t12-,13+,14-,15-/m1/s1. The lowest BCUT2D eigenvalue weighted by atomic mass is 10.00. The van der Waals surface area contributed by atoms with Gasteiger partial charge in [0, 0.05) is 49.9 Å². The van der Waals surface area contributed by atoms with Gasteiger partial charge in [-0.2, -0.15) is 0 Å². The topological polar surface area (TPSA) is 93.6 Å². The van der Waals surface area contributed by atoms with Crippen molar-refractivity contribution < 1.29 is 14.3 Å². The van der Waals surface area contributed by atoms with Crippen molar-refractivity contribution in [3.8, 4) is 17.0 Å². The van der Waals surface area contributed by atoms with E-state index in [1.54, 1.807) is 6.07 Å². The van der Waals surface area contributed by atoms with Gasteiger partial charge in [0.05, 0.1) is 17.3 Å². The molecule has 4 atom stereocenters. The van der Waals surface area contributed by atoms with Gasteiger partial charge >= 0.3 is 0 Å². The Morgan fingerprint density at radius 3 is 2.74 bits per heavy atom. The Morgan fingerprint density at radius 1 is 1.19 bits per heavy atom. The molecule has 3 aliphatic heterocycles. The number of rotatable bonds is 2. The second-order valence-corrected chi connectivity index (χ2v) is 8.82. The number of piperazine rings is 1. The van der Waals surface area contributed by atoms with Crippen molar-refractivity contribution in [1.29, 1.82) is 0 Å². The number of fused-ring (bicyclic) bond motifs is 3. The Morgan fingerprint density at radius 2 is 1.97 bits per heavy atom. The summed E-state index contributed by atoms with van der Waals surface area (Å²) in [7, 11) is 0. The molecule has 5 rings (SSSR count). The highest BCUT2D eigenvalue weighted by Crippen LogP contribution is 2.40. The van der Waals surface area contributed by atoms with Crippen molar-refractivity contribution in [2.75, 3.05) is 36.4 Å². The molecule has 9 heteroatoms. The first kappa shape index (κ1) is 20.0. The van der Waals surface area contributed by atoms with Crippen LogP contribution in [0.4, 0.5) is 15.9 Å². The van der Waals surface area contributed by atoms with Crippen LogP contribution in [0.15, 0.2) is 24.3 Å². The van der Waals surface area contributed by atoms with Gasteiger partial charge in [-0.25, -0.2) is 4.39 Å². The SMILES string of the molecule is C[C@@H]1CNC[C@H](C)N1C(=O)[C@@H]1C[C@@H]2CNc3nnc(-c4cccc(F)c4O)cc3N2C1. The number of nitrogens with zero attached hydrogens (tertiary/aromatic N) is 4. The van der Waals surface area contributed by atoms with E-state index in [1.165, 1.54) is 12.1 Å². The maximum absolute atomic E-state index is 13.8. The van der Waals surface area contributed by atoms with Crippen molar-refractivity contribution in [1.82, 2.24) is 20.4 Å². The molecular weight excluding hydrogens is 399 g/mol. The van der Waals surface area contributed by atoms with Crippen LogP contribution in [0.3, 0.4) is 0 Å². The van der Waals surface area contributed by atoms with Crippen LogP contribution in [-0.2, 0) is 4.79 Å². The molecular formula is C22H27FN6O2. The zero-order valence-electron chi connectivity index (χ0n) is 17.7. The van der Waals surface area contributed by atoms with Crippen molar-refractivity contribution in [2.45, 2.75) is 38.4 Å². The molecule has 0 spiro atoms. The number of anilines is 2. The molecule has 3 N–H and O–H groups in total. The Labute approximate surface area is 180 Å². The highest BCUT2D eigenvalue weighted by Gasteiger charge is 2.43. The zero-order valence-corrected chi connectivity index (χ0v) is 17.7. The number of phenols is 1. The Hall–Kier alpha value is -2.94. The number of phenolic OH excluding ortho intramolecular Hbond substituents is 1. The first-order valence-electron chi connectivity index (χ1n) is 10.8. The molecule has 3 aliphatic rings. The molecule has 0 saturated carbocycles. The van der Waals surface area contributed by atoms with Crippen molar-refractivity contribution in [2.24, 2.45) is 5.92 Å². The van der Waals surface area contributed by atoms with Crippen LogP contribution in [0.2, 0.25) is 0 Å². The van der Waals surface area contributed by atoms with Crippen LogP contribution in [0.25, 0.3) is 11.3 Å². The summed E-state index contributed by atoms with van der Waals surface area (Å²) < 4.78 is 13.8. The molecule has 2 saturated heterocycles. The van der Waals surface area contributed by atoms with Gasteiger partial charge in [0.15, 0.2) is 17.4 Å². The third-order valence-corrected chi connectivity index (χ3v) is 6.70. The molecule has 1 aromatic carbocycles. The highest BCUT2D eigenvalue weighted by molar-refractivity contribution is 5.83. The number of aromatic nitrogens is 2. The number of aromatic hydroxyl groups is 1. The van der Waals surface area contributed by atoms with Gasteiger partial charge < -0.3 is 25.5 Å². The summed E-state index contributed by atoms with van der Waals surface area (Å²) in [6.45, 7) is 7.12. The van der Waals surface area contributed by atoms with Gasteiger partial charge in [0.2, 0.25) is 5.91 Å². The summed E-state index contributed by atoms with van der Waals surface area (Å²) >= 11 is 0. The normalized spacial score (nSPS) is 27.5. The van der Waals surface area contributed by atoms with E-state index in [0.29, 0.717) is 30.2 Å². The largest absolute Gasteiger partial charge is 0.504 e. The molecule has 1 aromatic heterocycles. The lowest BCUT2D eigenvalue weighted by Crippen LogP contribution is -2.58. The van der Waals surface area contributed by atoms with Crippen LogP contribution in [-0.4, -0.2) is 70.4 Å². The minimum Gasteiger partial charge on any atom is -0.504 e. The van der Waals surface area contributed by atoms with Gasteiger partial charge in [-0.1, -0.05) is 6.07 Å². The number of hydrogen-bond acceptors (Lipinski definition) is 7. The summed E-state index contributed by atoms with van der Waals surface area (Å²) in [5.41, 5.74) is 1.53. The van der Waals surface area contributed by atoms with E-state index in [4.69, 9.17) is 0 Å². The van der Waals surface area contributed by atoms with Crippen LogP contribution in [0, 0.1) is 11.7 Å². The number of halogens is 1. The molecule has 4 heterocycles. The minimum atomic E-state index is -0.695. The average molecular weight is 426 g/mol. The number of carbonyl (C=O) groups excluding carboxylic acids is 1. The van der Waals surface area contributed by atoms with E-state index in [1.807, 2.05) is 11.0 Å². The number of benzene rings is 1. The lowest BCUT2D eigenvalue weighted by molar-refractivity contribution is -0.140. The molecule has 1 amide bonds. The van der Waals surface area contributed by atoms with Crippen molar-refractivity contribution in [3.05, 3.63) is 30.1 Å². The lowest BCUT2D eigenvalue weighted by Gasteiger charge is -2.40. The Kier molecular flexibility index (Phi) is 4.92. The molecule has 0 radical (unpaired) electrons. The monoisotopic (exact) mass is 426 g/mol. The maximum atomic E-state index is 13.8. The fraction of sp³-hybridized carbons (Fsp3) is 0.500. The number of hydrogen-bond donors (Lipinski definition) is 3. The van der Waals surface area contributed by atoms with E-state index in [-0.39, 0.29) is 30.0 Å². The van der Waals surface area contributed by atoms with Gasteiger partial charge in [-0.3, -0.25) is 4.79 Å². The Balaban J connectivity index is 1.42. The van der Waals surface area contributed by atoms with Crippen LogP contribution >= 0.6 is 0 Å². The summed E-state index contributed by atoms with van der Waals surface area (Å²) in [6.07, 6.45) is 0.775. The van der Waals surface area contributed by atoms with Crippen molar-refractivity contribution in [3.63, 3.8) is 0 Å². The fourth-order valence-electron chi connectivity index (χ4n) is 5.16. The van der Waals surface area contributed by atoms with Crippen LogP contribution in [0.5, 0.6) is 5.75 Å². The second-order valence-electron chi connectivity index (χ2n) is 8.82. The Bertz CT molecular complexity index is 1010. The molecule has 31 heavy (non-hydrogen) atoms. The highest BCUT2D eigenvalue weighted by atomic mass is 19.1. The predicted octanol–water partition coefficient (Wildman–Crippen LogP) is 1.82. The third-order valence-electron chi connectivity index (χ3n) is 6.70. The summed E-state index contributed by atoms with van der Waals surface area (Å²) in [5.74, 6) is -0.359. The van der Waals surface area contributed by atoms with E-state index in [2.05, 4.69) is 39.6 Å². The number of para-hydroxylation sites is 1. The molecule has 2 fully saturated rings. The average Bonchev–Trinajstić information content (AvgIpc) is 3.20. The van der Waals surface area contributed by atoms with Gasteiger partial charge in [-0.15, -0.1) is 10.2 Å². The van der Waals surface area contributed by atoms with Gasteiger partial charge in [0.1, 0.15) is 0 Å². The summed E-state index contributed by atoms with van der Waals surface area (Å²) in [4.78, 5) is 17.6. The molecule has 2 aromatic rings. The second kappa shape index (κ2) is 7.64. The smallest absolute Gasteiger partial charge is 0.228 e. The number of nitrogens with one attached hydrogen (secondary N) is 2. The zero-order chi connectivity index (χ0) is 21.7. The molecule has 8 nitrogen and oxygen atoms in total. The molecule has 0 aliphatic carbocycles. The van der Waals surface area contributed by atoms with E-state index >= 15 is 0 Å². The van der Waals surface area contributed by atoms with Crippen LogP contribution in [0.1, 0.15) is 20.3 Å². The van der Waals surface area contributed by atoms with Gasteiger partial charge in [0.25, 0.3) is 0 Å². The molecule has 0 unspecified atom stereocenters. The minimum absolute atomic E-state index is 0.0834. The number of carbonyl (C=O) groups is 1. The first-order valence-corrected chi connectivity index (χ1v) is 10.8. The molecule has 164 valence electrons. The van der Waals surface area contributed by atoms with Gasteiger partial charge in [-0.05, 0) is 38.5 Å². The first-order chi connectivity index (χ1) is 14.9. The van der Waals surface area contributed by atoms with E-state index in [0.717, 1.165) is 25.2 Å². The predicted molar refractivity (Wildman–Crippen MR) is 115 cm³/mol. The number of amides is 1. The quantitative estimate of drug-likeness (QED) is 0.674. The molecule has 0 bridgehead atoms. The van der Waals surface area contributed by atoms with E-state index < -0.39 is 11.6 Å². The van der Waals surface area contributed by atoms with E-state index in [9.17, 15) is 14.3 Å².